The highest BCUT2D eigenvalue weighted by Crippen LogP contribution is 2.17. The molecular weight excluding hydrogens is 228 g/mol. The van der Waals surface area contributed by atoms with Crippen LogP contribution in [0.25, 0.3) is 0 Å². The van der Waals surface area contributed by atoms with Gasteiger partial charge in [0.05, 0.1) is 11.9 Å². The topological polar surface area (TPSA) is 59.0 Å². The maximum Gasteiger partial charge on any atom is 0.237 e. The molecule has 5 nitrogen and oxygen atoms in total. The minimum Gasteiger partial charge on any atom is -0.398 e. The van der Waals surface area contributed by atoms with Crippen LogP contribution in [0.3, 0.4) is 0 Å². The van der Waals surface area contributed by atoms with E-state index >= 15 is 0 Å². The Kier molecular flexibility index (Phi) is 3.89. The van der Waals surface area contributed by atoms with Crippen LogP contribution >= 0.6 is 0 Å². The van der Waals surface area contributed by atoms with E-state index < -0.39 is 10.0 Å². The molecule has 1 aromatic carbocycles. The van der Waals surface area contributed by atoms with Gasteiger partial charge in [0.25, 0.3) is 0 Å². The second kappa shape index (κ2) is 4.98. The zero-order valence-corrected chi connectivity index (χ0v) is 10.2. The molecule has 0 heterocycles. The second-order valence-corrected chi connectivity index (χ2v) is 5.02. The number of anilines is 1. The Hall–Kier alpha value is -1.56. The number of hydrogen-bond acceptors (Lipinski definition) is 4. The van der Waals surface area contributed by atoms with E-state index in [0.717, 1.165) is 10.6 Å². The molecule has 0 spiro atoms. The van der Waals surface area contributed by atoms with Crippen LogP contribution in [-0.2, 0) is 14.9 Å². The van der Waals surface area contributed by atoms with Gasteiger partial charge in [0.2, 0.25) is 10.0 Å². The third kappa shape index (κ3) is 2.96. The van der Waals surface area contributed by atoms with Crippen molar-refractivity contribution in [3.05, 3.63) is 30.3 Å². The fraction of sp³-hybridized carbons (Fsp3) is 0.300. The summed E-state index contributed by atoms with van der Waals surface area (Å²) in [4.78, 5) is 4.58. The summed E-state index contributed by atoms with van der Waals surface area (Å²) in [5.41, 5.74) is 0.531. The Bertz CT molecular complexity index is 468. The average Bonchev–Trinajstić information content (AvgIpc) is 2.17. The monoisotopic (exact) mass is 242 g/mol. The minimum absolute atomic E-state index is 0.260. The Morgan fingerprint density at radius 1 is 1.31 bits per heavy atom. The Morgan fingerprint density at radius 2 is 1.88 bits per heavy atom. The molecule has 0 radical (unpaired) electrons. The first-order chi connectivity index (χ1) is 7.46. The van der Waals surface area contributed by atoms with Crippen LogP contribution < -0.4 is 4.31 Å². The number of oxime groups is 1. The third-order valence-corrected chi connectivity index (χ3v) is 2.98. The summed E-state index contributed by atoms with van der Waals surface area (Å²) >= 11 is 0. The van der Waals surface area contributed by atoms with E-state index in [-0.39, 0.29) is 5.84 Å². The first-order valence-electron chi connectivity index (χ1n) is 4.60. The van der Waals surface area contributed by atoms with Gasteiger partial charge in [0.1, 0.15) is 7.11 Å². The molecule has 1 aromatic rings. The van der Waals surface area contributed by atoms with Crippen molar-refractivity contribution in [1.82, 2.24) is 0 Å². The number of sulfonamides is 1. The smallest absolute Gasteiger partial charge is 0.237 e. The van der Waals surface area contributed by atoms with E-state index in [0.29, 0.717) is 5.69 Å². The molecule has 1 rings (SSSR count). The molecule has 6 heteroatoms. The molecule has 0 bridgehead atoms. The molecule has 0 N–H and O–H groups in total. The maximum absolute atomic E-state index is 11.6. The zero-order chi connectivity index (χ0) is 12.2. The number of benzene rings is 1. The van der Waals surface area contributed by atoms with Crippen molar-refractivity contribution < 1.29 is 13.3 Å². The van der Waals surface area contributed by atoms with Gasteiger partial charge in [-0.1, -0.05) is 23.4 Å². The van der Waals surface area contributed by atoms with Crippen LogP contribution in [0, 0.1) is 0 Å². The van der Waals surface area contributed by atoms with Crippen molar-refractivity contribution in [2.75, 3.05) is 17.7 Å². The van der Waals surface area contributed by atoms with Crippen LogP contribution in [0.2, 0.25) is 0 Å². The van der Waals surface area contributed by atoms with E-state index in [2.05, 4.69) is 9.99 Å². The van der Waals surface area contributed by atoms with Crippen molar-refractivity contribution in [3.8, 4) is 0 Å². The molecular formula is C10H14N2O3S. The summed E-state index contributed by atoms with van der Waals surface area (Å²) < 4.78 is 24.4. The van der Waals surface area contributed by atoms with Crippen LogP contribution in [0.1, 0.15) is 6.92 Å². The normalized spacial score (nSPS) is 12.3. The average molecular weight is 242 g/mol. The predicted octanol–water partition coefficient (Wildman–Crippen LogP) is 1.43. The van der Waals surface area contributed by atoms with Crippen molar-refractivity contribution in [2.24, 2.45) is 5.16 Å². The largest absolute Gasteiger partial charge is 0.398 e. The van der Waals surface area contributed by atoms with Gasteiger partial charge in [-0.25, -0.2) is 12.7 Å². The van der Waals surface area contributed by atoms with Crippen LogP contribution in [0.4, 0.5) is 5.69 Å². The molecule has 0 aliphatic carbocycles. The highest BCUT2D eigenvalue weighted by atomic mass is 32.2. The Balaban J connectivity index is 3.23. The summed E-state index contributed by atoms with van der Waals surface area (Å²) in [5, 5.41) is 3.63. The van der Waals surface area contributed by atoms with Crippen LogP contribution in [-0.4, -0.2) is 27.6 Å². The van der Waals surface area contributed by atoms with Gasteiger partial charge in [0.15, 0.2) is 5.84 Å². The number of rotatable bonds is 3. The van der Waals surface area contributed by atoms with Crippen LogP contribution in [0.15, 0.2) is 35.5 Å². The molecule has 0 aromatic heterocycles. The van der Waals surface area contributed by atoms with Gasteiger partial charge in [-0.3, -0.25) is 0 Å². The minimum atomic E-state index is -3.42. The summed E-state index contributed by atoms with van der Waals surface area (Å²) in [6.45, 7) is 1.57. The molecule has 16 heavy (non-hydrogen) atoms. The summed E-state index contributed by atoms with van der Waals surface area (Å²) in [5.74, 6) is 0.260. The third-order valence-electron chi connectivity index (χ3n) is 1.84. The quantitative estimate of drug-likeness (QED) is 0.457. The fourth-order valence-electron chi connectivity index (χ4n) is 1.35. The lowest BCUT2D eigenvalue weighted by Crippen LogP contribution is -2.34. The van der Waals surface area contributed by atoms with E-state index in [1.807, 2.05) is 6.07 Å². The van der Waals surface area contributed by atoms with Gasteiger partial charge in [-0.2, -0.15) is 0 Å². The van der Waals surface area contributed by atoms with E-state index in [1.165, 1.54) is 7.11 Å². The zero-order valence-electron chi connectivity index (χ0n) is 9.41. The van der Waals surface area contributed by atoms with Crippen molar-refractivity contribution in [2.45, 2.75) is 6.92 Å². The van der Waals surface area contributed by atoms with E-state index in [9.17, 15) is 8.42 Å². The van der Waals surface area contributed by atoms with Crippen molar-refractivity contribution >= 4 is 21.5 Å². The first-order valence-corrected chi connectivity index (χ1v) is 6.44. The second-order valence-electron chi connectivity index (χ2n) is 3.18. The summed E-state index contributed by atoms with van der Waals surface area (Å²) in [6.07, 6.45) is 1.12. The molecule has 0 saturated heterocycles. The lowest BCUT2D eigenvalue weighted by atomic mass is 10.3. The van der Waals surface area contributed by atoms with E-state index in [4.69, 9.17) is 0 Å². The fourth-order valence-corrected chi connectivity index (χ4v) is 2.37. The molecule has 0 fully saturated rings. The highest BCUT2D eigenvalue weighted by Gasteiger charge is 2.20. The Morgan fingerprint density at radius 3 is 2.31 bits per heavy atom. The first kappa shape index (κ1) is 12.5. The van der Waals surface area contributed by atoms with Crippen molar-refractivity contribution in [1.29, 1.82) is 0 Å². The lowest BCUT2D eigenvalue weighted by Gasteiger charge is -2.20. The SMILES string of the molecule is CON=C(C)N(c1ccccc1)S(C)(=O)=O. The van der Waals surface area contributed by atoms with Crippen LogP contribution in [0.5, 0.6) is 0 Å². The van der Waals surface area contributed by atoms with Gasteiger partial charge in [-0.15, -0.1) is 0 Å². The van der Waals surface area contributed by atoms with Gasteiger partial charge >= 0.3 is 0 Å². The molecule has 0 saturated carbocycles. The number of amidine groups is 1. The van der Waals surface area contributed by atoms with E-state index in [1.54, 1.807) is 31.2 Å². The van der Waals surface area contributed by atoms with Gasteiger partial charge in [-0.05, 0) is 19.1 Å². The Labute approximate surface area is 95.4 Å². The molecule has 0 amide bonds. The maximum atomic E-state index is 11.6. The van der Waals surface area contributed by atoms with Gasteiger partial charge < -0.3 is 4.84 Å². The predicted molar refractivity (Wildman–Crippen MR) is 63.9 cm³/mol. The molecule has 0 atom stereocenters. The van der Waals surface area contributed by atoms with Gasteiger partial charge in [0, 0.05) is 0 Å². The highest BCUT2D eigenvalue weighted by molar-refractivity contribution is 7.92. The number of para-hydroxylation sites is 1. The lowest BCUT2D eigenvalue weighted by molar-refractivity contribution is 0.213. The summed E-state index contributed by atoms with van der Waals surface area (Å²) in [7, 11) is -2.05. The number of hydrogen-bond donors (Lipinski definition) is 0. The summed E-state index contributed by atoms with van der Waals surface area (Å²) in [6, 6.07) is 8.71. The molecule has 0 aliphatic heterocycles. The molecule has 0 unspecified atom stereocenters. The van der Waals surface area contributed by atoms with Crippen molar-refractivity contribution in [3.63, 3.8) is 0 Å². The molecule has 88 valence electrons. The number of nitrogens with zero attached hydrogens (tertiary/aromatic N) is 2. The molecule has 0 aliphatic rings. The standard InChI is InChI=1S/C10H14N2O3S/c1-9(11-15-2)12(16(3,13)14)10-7-5-4-6-8-10/h4-8H,1-3H3.